The summed E-state index contributed by atoms with van der Waals surface area (Å²) in [6, 6.07) is 0. The number of hydrogen-bond donors (Lipinski definition) is 2. The van der Waals surface area contributed by atoms with E-state index in [9.17, 15) is 14.7 Å². The summed E-state index contributed by atoms with van der Waals surface area (Å²) in [5, 5.41) is 9.71. The molecular weight excluding hydrogens is 311 g/mol. The number of aliphatic hydroxyl groups is 1. The van der Waals surface area contributed by atoms with Gasteiger partial charge in [0.15, 0.2) is 12.1 Å². The quantitative estimate of drug-likeness (QED) is 0.351. The van der Waals surface area contributed by atoms with Crippen LogP contribution in [0.15, 0.2) is 12.5 Å². The zero-order valence-corrected chi connectivity index (χ0v) is 10.0. The van der Waals surface area contributed by atoms with Crippen molar-refractivity contribution in [2.75, 3.05) is 0 Å². The summed E-state index contributed by atoms with van der Waals surface area (Å²) in [4.78, 5) is 27.5. The van der Waals surface area contributed by atoms with E-state index in [2.05, 4.69) is 32.6 Å². The maximum absolute atomic E-state index is 10.7. The number of aromatic amines is 1. The van der Waals surface area contributed by atoms with Crippen molar-refractivity contribution in [2.24, 2.45) is 0 Å². The predicted octanol–water partition coefficient (Wildman–Crippen LogP) is 0.795. The predicted molar refractivity (Wildman–Crippen MR) is 61.7 cm³/mol. The minimum atomic E-state index is -0.657. The van der Waals surface area contributed by atoms with E-state index in [0.29, 0.717) is 0 Å². The highest BCUT2D eigenvalue weighted by molar-refractivity contribution is 14.1. The van der Waals surface area contributed by atoms with Crippen molar-refractivity contribution in [2.45, 2.75) is 22.9 Å². The van der Waals surface area contributed by atoms with Crippen LogP contribution in [-0.4, -0.2) is 33.2 Å². The molecule has 0 saturated heterocycles. The van der Waals surface area contributed by atoms with Gasteiger partial charge >= 0.3 is 0 Å². The van der Waals surface area contributed by atoms with E-state index in [-0.39, 0.29) is 23.1 Å². The Balaban J connectivity index is 2.43. The number of H-pyrrole nitrogens is 1. The Kier molecular flexibility index (Phi) is 4.89. The molecule has 0 aliphatic rings. The summed E-state index contributed by atoms with van der Waals surface area (Å²) in [5.74, 6) is -0.484. The Morgan fingerprint density at radius 1 is 1.73 bits per heavy atom. The Morgan fingerprint density at radius 2 is 2.47 bits per heavy atom. The third-order valence-electron chi connectivity index (χ3n) is 1.97. The second-order valence-electron chi connectivity index (χ2n) is 3.10. The van der Waals surface area contributed by atoms with Gasteiger partial charge < -0.3 is 10.1 Å². The molecule has 2 unspecified atom stereocenters. The number of rotatable bonds is 6. The number of halogens is 1. The van der Waals surface area contributed by atoms with Crippen LogP contribution in [0.1, 0.15) is 22.5 Å². The lowest BCUT2D eigenvalue weighted by atomic mass is 10.1. The van der Waals surface area contributed by atoms with Gasteiger partial charge in [-0.1, -0.05) is 22.6 Å². The second-order valence-corrected chi connectivity index (χ2v) is 4.44. The number of nitrogens with one attached hydrogen (secondary N) is 1. The van der Waals surface area contributed by atoms with Gasteiger partial charge in [-0.05, 0) is 6.42 Å². The molecule has 0 aliphatic carbocycles. The van der Waals surface area contributed by atoms with Crippen molar-refractivity contribution in [3.05, 3.63) is 18.2 Å². The molecule has 0 spiro atoms. The van der Waals surface area contributed by atoms with Gasteiger partial charge in [0.05, 0.1) is 22.0 Å². The number of Topliss-reactive ketones (excluding diaryl/α,β-unsaturated/α-hetero) is 1. The number of hydrogen-bond acceptors (Lipinski definition) is 4. The molecule has 0 saturated carbocycles. The molecule has 2 N–H and O–H groups in total. The number of carbonyl (C=O) groups is 2. The summed E-state index contributed by atoms with van der Waals surface area (Å²) in [7, 11) is 0. The van der Waals surface area contributed by atoms with Crippen molar-refractivity contribution in [3.63, 3.8) is 0 Å². The van der Waals surface area contributed by atoms with Crippen LogP contribution in [0.3, 0.4) is 0 Å². The lowest BCUT2D eigenvalue weighted by Gasteiger charge is -2.14. The molecule has 1 heterocycles. The largest absolute Gasteiger partial charge is 0.392 e. The van der Waals surface area contributed by atoms with Gasteiger partial charge in [-0.15, -0.1) is 0 Å². The number of aldehydes is 1. The van der Waals surface area contributed by atoms with E-state index < -0.39 is 11.9 Å². The van der Waals surface area contributed by atoms with Crippen LogP contribution in [0.25, 0.3) is 0 Å². The van der Waals surface area contributed by atoms with Crippen molar-refractivity contribution in [3.8, 4) is 0 Å². The minimum absolute atomic E-state index is 0.0817. The third kappa shape index (κ3) is 3.71. The molecule has 15 heavy (non-hydrogen) atoms. The summed E-state index contributed by atoms with van der Waals surface area (Å²) < 4.78 is -0.149. The molecule has 0 aromatic carbocycles. The normalized spacial score (nSPS) is 14.5. The topological polar surface area (TPSA) is 83.1 Å². The first-order chi connectivity index (χ1) is 7.15. The van der Waals surface area contributed by atoms with E-state index >= 15 is 0 Å². The van der Waals surface area contributed by atoms with Crippen molar-refractivity contribution in [1.29, 1.82) is 0 Å². The number of aliphatic hydroxyl groups excluding tert-OH is 1. The molecule has 0 radical (unpaired) electrons. The van der Waals surface area contributed by atoms with Gasteiger partial charge in [0.1, 0.15) is 0 Å². The second kappa shape index (κ2) is 5.96. The van der Waals surface area contributed by atoms with Gasteiger partial charge in [0, 0.05) is 12.6 Å². The standard InChI is InChI=1S/C9H11IN2O3/c10-9(7-3-11-5-12-7)8(15)2-1-6(14)4-13/h3-5,8-9,15H,1-2H2,(H,11,12). The monoisotopic (exact) mass is 322 g/mol. The highest BCUT2D eigenvalue weighted by Gasteiger charge is 2.19. The number of imidazole rings is 1. The first-order valence-electron chi connectivity index (χ1n) is 4.43. The number of alkyl halides is 1. The zero-order valence-electron chi connectivity index (χ0n) is 7.89. The summed E-state index contributed by atoms with van der Waals surface area (Å²) in [5.41, 5.74) is 0.807. The van der Waals surface area contributed by atoms with E-state index in [1.165, 1.54) is 6.33 Å². The van der Waals surface area contributed by atoms with Crippen molar-refractivity contribution >= 4 is 34.7 Å². The molecule has 0 bridgehead atoms. The fourth-order valence-corrected chi connectivity index (χ4v) is 1.82. The SMILES string of the molecule is O=CC(=O)CCC(O)C(I)c1cnc[nH]1. The van der Waals surface area contributed by atoms with Crippen LogP contribution in [0, 0.1) is 0 Å². The Hall–Kier alpha value is -0.760. The molecule has 1 aromatic rings. The van der Waals surface area contributed by atoms with Crippen LogP contribution in [0.2, 0.25) is 0 Å². The molecular formula is C9H11IN2O3. The molecule has 1 rings (SSSR count). The summed E-state index contributed by atoms with van der Waals surface area (Å²) in [6.45, 7) is 0. The Morgan fingerprint density at radius 3 is 3.00 bits per heavy atom. The van der Waals surface area contributed by atoms with Gasteiger partial charge in [-0.3, -0.25) is 9.59 Å². The van der Waals surface area contributed by atoms with Gasteiger partial charge in [-0.25, -0.2) is 4.98 Å². The van der Waals surface area contributed by atoms with Gasteiger partial charge in [0.25, 0.3) is 0 Å². The van der Waals surface area contributed by atoms with Crippen LogP contribution in [0.5, 0.6) is 0 Å². The van der Waals surface area contributed by atoms with Gasteiger partial charge in [-0.2, -0.15) is 0 Å². The van der Waals surface area contributed by atoms with E-state index in [1.54, 1.807) is 6.20 Å². The number of nitrogens with zero attached hydrogens (tertiary/aromatic N) is 1. The molecule has 5 nitrogen and oxygen atoms in total. The van der Waals surface area contributed by atoms with E-state index in [0.717, 1.165) is 5.69 Å². The maximum atomic E-state index is 10.7. The molecule has 2 atom stereocenters. The van der Waals surface area contributed by atoms with Crippen LogP contribution in [0.4, 0.5) is 0 Å². The fourth-order valence-electron chi connectivity index (χ4n) is 1.12. The minimum Gasteiger partial charge on any atom is -0.392 e. The molecule has 6 heteroatoms. The van der Waals surface area contributed by atoms with Crippen molar-refractivity contribution in [1.82, 2.24) is 9.97 Å². The van der Waals surface area contributed by atoms with Crippen molar-refractivity contribution < 1.29 is 14.7 Å². The average Bonchev–Trinajstić information content (AvgIpc) is 2.77. The Labute approximate surface area is 100 Å². The zero-order chi connectivity index (χ0) is 11.3. The first kappa shape index (κ1) is 12.3. The van der Waals surface area contributed by atoms with Crippen LogP contribution in [-0.2, 0) is 9.59 Å². The average molecular weight is 322 g/mol. The summed E-state index contributed by atoms with van der Waals surface area (Å²) >= 11 is 2.07. The third-order valence-corrected chi connectivity index (χ3v) is 3.47. The number of aromatic nitrogens is 2. The maximum Gasteiger partial charge on any atom is 0.195 e. The van der Waals surface area contributed by atoms with Crippen LogP contribution >= 0.6 is 22.6 Å². The van der Waals surface area contributed by atoms with Crippen LogP contribution < -0.4 is 0 Å². The smallest absolute Gasteiger partial charge is 0.195 e. The molecule has 0 amide bonds. The lowest BCUT2D eigenvalue weighted by Crippen LogP contribution is -2.16. The summed E-state index contributed by atoms with van der Waals surface area (Å²) in [6.07, 6.45) is 3.15. The molecule has 0 aliphatic heterocycles. The number of ketones is 1. The lowest BCUT2D eigenvalue weighted by molar-refractivity contribution is -0.130. The number of carbonyl (C=O) groups excluding carboxylic acids is 2. The first-order valence-corrected chi connectivity index (χ1v) is 5.68. The highest BCUT2D eigenvalue weighted by Crippen LogP contribution is 2.27. The highest BCUT2D eigenvalue weighted by atomic mass is 127. The fraction of sp³-hybridized carbons (Fsp3) is 0.444. The van der Waals surface area contributed by atoms with E-state index in [1.807, 2.05) is 0 Å². The van der Waals surface area contributed by atoms with Gasteiger partial charge in [0.2, 0.25) is 0 Å². The molecule has 0 fully saturated rings. The molecule has 82 valence electrons. The Bertz CT molecular complexity index is 326. The molecule has 1 aromatic heterocycles. The van der Waals surface area contributed by atoms with E-state index in [4.69, 9.17) is 0 Å².